The third-order valence-corrected chi connectivity index (χ3v) is 4.16. The van der Waals surface area contributed by atoms with Crippen LogP contribution in [0.4, 0.5) is 0 Å². The van der Waals surface area contributed by atoms with E-state index in [0.717, 1.165) is 43.0 Å². The highest BCUT2D eigenvalue weighted by molar-refractivity contribution is 7.09. The predicted octanol–water partition coefficient (Wildman–Crippen LogP) is 3.11. The molecular formula is C16H23N3OS. The molecule has 2 rings (SSSR count). The van der Waals surface area contributed by atoms with Crippen molar-refractivity contribution in [3.05, 3.63) is 45.7 Å². The highest BCUT2D eigenvalue weighted by atomic mass is 32.1. The van der Waals surface area contributed by atoms with Crippen LogP contribution in [-0.4, -0.2) is 23.1 Å². The van der Waals surface area contributed by atoms with Crippen molar-refractivity contribution in [1.82, 2.24) is 15.3 Å². The minimum Gasteiger partial charge on any atom is -0.375 e. The standard InChI is InChI=1S/C16H23N3OS/c1-3-8-17-10-14-5-4-6-15(19-14)11-20-9-7-16-13(2)18-12-21-16/h4-6,12,17H,3,7-11H2,1-2H3. The van der Waals surface area contributed by atoms with E-state index in [0.29, 0.717) is 13.2 Å². The van der Waals surface area contributed by atoms with Gasteiger partial charge in [0.05, 0.1) is 35.8 Å². The lowest BCUT2D eigenvalue weighted by molar-refractivity contribution is 0.121. The van der Waals surface area contributed by atoms with E-state index in [1.807, 2.05) is 30.6 Å². The molecule has 0 atom stereocenters. The smallest absolute Gasteiger partial charge is 0.0888 e. The van der Waals surface area contributed by atoms with Crippen LogP contribution in [0.25, 0.3) is 0 Å². The Balaban J connectivity index is 1.72. The number of aryl methyl sites for hydroxylation is 1. The molecule has 0 bridgehead atoms. The molecule has 0 amide bonds. The van der Waals surface area contributed by atoms with Crippen LogP contribution in [0.3, 0.4) is 0 Å². The second-order valence-electron chi connectivity index (χ2n) is 4.96. The summed E-state index contributed by atoms with van der Waals surface area (Å²) in [4.78, 5) is 10.1. The maximum Gasteiger partial charge on any atom is 0.0888 e. The molecule has 0 aliphatic carbocycles. The lowest BCUT2D eigenvalue weighted by Crippen LogP contribution is -2.15. The molecule has 0 aromatic carbocycles. The second-order valence-corrected chi connectivity index (χ2v) is 5.90. The van der Waals surface area contributed by atoms with Gasteiger partial charge >= 0.3 is 0 Å². The van der Waals surface area contributed by atoms with Gasteiger partial charge in [0.15, 0.2) is 0 Å². The number of nitrogens with one attached hydrogen (secondary N) is 1. The molecular weight excluding hydrogens is 282 g/mol. The molecule has 2 aromatic heterocycles. The average molecular weight is 305 g/mol. The van der Waals surface area contributed by atoms with E-state index < -0.39 is 0 Å². The van der Waals surface area contributed by atoms with Crippen LogP contribution in [0.5, 0.6) is 0 Å². The normalized spacial score (nSPS) is 11.0. The summed E-state index contributed by atoms with van der Waals surface area (Å²) in [6, 6.07) is 6.11. The first-order valence-electron chi connectivity index (χ1n) is 7.42. The maximum atomic E-state index is 5.72. The zero-order chi connectivity index (χ0) is 14.9. The molecule has 0 aliphatic heterocycles. The first-order chi connectivity index (χ1) is 10.3. The molecule has 0 radical (unpaired) electrons. The van der Waals surface area contributed by atoms with Crippen LogP contribution in [0.1, 0.15) is 35.3 Å². The largest absolute Gasteiger partial charge is 0.375 e. The summed E-state index contributed by atoms with van der Waals surface area (Å²) >= 11 is 1.69. The summed E-state index contributed by atoms with van der Waals surface area (Å²) in [5, 5.41) is 3.36. The van der Waals surface area contributed by atoms with Gasteiger partial charge in [-0.15, -0.1) is 11.3 Å². The van der Waals surface area contributed by atoms with Gasteiger partial charge in [-0.05, 0) is 32.0 Å². The fourth-order valence-corrected chi connectivity index (χ4v) is 2.77. The number of nitrogens with zero attached hydrogens (tertiary/aromatic N) is 2. The number of ether oxygens (including phenoxy) is 1. The van der Waals surface area contributed by atoms with Crippen molar-refractivity contribution in [3.8, 4) is 0 Å². The Bertz CT molecular complexity index is 542. The summed E-state index contributed by atoms with van der Waals surface area (Å²) in [5.41, 5.74) is 5.07. The predicted molar refractivity (Wildman–Crippen MR) is 86.4 cm³/mol. The van der Waals surface area contributed by atoms with Gasteiger partial charge in [0.25, 0.3) is 0 Å². The Hall–Kier alpha value is -1.30. The number of thiazole rings is 1. The molecule has 0 spiro atoms. The molecule has 2 heterocycles. The Morgan fingerprint density at radius 3 is 2.90 bits per heavy atom. The van der Waals surface area contributed by atoms with E-state index in [4.69, 9.17) is 4.74 Å². The summed E-state index contributed by atoms with van der Waals surface area (Å²) in [5.74, 6) is 0. The molecule has 2 aromatic rings. The van der Waals surface area contributed by atoms with E-state index in [1.54, 1.807) is 11.3 Å². The Kier molecular flexibility index (Phi) is 6.79. The van der Waals surface area contributed by atoms with Gasteiger partial charge in [0.2, 0.25) is 0 Å². The number of hydrogen-bond donors (Lipinski definition) is 1. The van der Waals surface area contributed by atoms with Crippen LogP contribution in [0.2, 0.25) is 0 Å². The van der Waals surface area contributed by atoms with Crippen LogP contribution in [-0.2, 0) is 24.3 Å². The lowest BCUT2D eigenvalue weighted by atomic mass is 10.3. The maximum absolute atomic E-state index is 5.72. The van der Waals surface area contributed by atoms with E-state index in [1.165, 1.54) is 4.88 Å². The number of rotatable bonds is 9. The second kappa shape index (κ2) is 8.87. The highest BCUT2D eigenvalue weighted by Gasteiger charge is 2.02. The molecule has 0 fully saturated rings. The van der Waals surface area contributed by atoms with Crippen molar-refractivity contribution in [2.24, 2.45) is 0 Å². The van der Waals surface area contributed by atoms with Gasteiger partial charge in [-0.2, -0.15) is 0 Å². The van der Waals surface area contributed by atoms with Crippen molar-refractivity contribution in [1.29, 1.82) is 0 Å². The van der Waals surface area contributed by atoms with Crippen LogP contribution >= 0.6 is 11.3 Å². The minimum atomic E-state index is 0.569. The molecule has 114 valence electrons. The molecule has 4 nitrogen and oxygen atoms in total. The van der Waals surface area contributed by atoms with Gasteiger partial charge < -0.3 is 10.1 Å². The van der Waals surface area contributed by atoms with Gasteiger partial charge in [-0.25, -0.2) is 4.98 Å². The summed E-state index contributed by atoms with van der Waals surface area (Å²) < 4.78 is 5.72. The SMILES string of the molecule is CCCNCc1cccc(COCCc2scnc2C)n1. The Labute approximate surface area is 130 Å². The molecule has 0 saturated carbocycles. The average Bonchev–Trinajstić information content (AvgIpc) is 2.90. The van der Waals surface area contributed by atoms with Crippen LogP contribution < -0.4 is 5.32 Å². The topological polar surface area (TPSA) is 47.0 Å². The molecule has 5 heteroatoms. The number of aromatic nitrogens is 2. The zero-order valence-electron chi connectivity index (χ0n) is 12.8. The van der Waals surface area contributed by atoms with Crippen LogP contribution in [0.15, 0.2) is 23.7 Å². The van der Waals surface area contributed by atoms with Crippen molar-refractivity contribution >= 4 is 11.3 Å². The minimum absolute atomic E-state index is 0.569. The number of pyridine rings is 1. The van der Waals surface area contributed by atoms with Crippen molar-refractivity contribution in [2.45, 2.75) is 39.8 Å². The summed E-state index contributed by atoms with van der Waals surface area (Å²) in [6.07, 6.45) is 2.06. The van der Waals surface area contributed by atoms with E-state index in [-0.39, 0.29) is 0 Å². The van der Waals surface area contributed by atoms with E-state index in [2.05, 4.69) is 22.2 Å². The fraction of sp³-hybridized carbons (Fsp3) is 0.500. The molecule has 0 saturated heterocycles. The van der Waals surface area contributed by atoms with Gasteiger partial charge in [0, 0.05) is 17.8 Å². The van der Waals surface area contributed by atoms with Crippen molar-refractivity contribution in [3.63, 3.8) is 0 Å². The van der Waals surface area contributed by atoms with E-state index in [9.17, 15) is 0 Å². The van der Waals surface area contributed by atoms with Gasteiger partial charge in [-0.3, -0.25) is 4.98 Å². The monoisotopic (exact) mass is 305 g/mol. The van der Waals surface area contributed by atoms with Crippen molar-refractivity contribution < 1.29 is 4.74 Å². The first-order valence-corrected chi connectivity index (χ1v) is 8.29. The first kappa shape index (κ1) is 16.1. The third-order valence-electron chi connectivity index (χ3n) is 3.17. The Morgan fingerprint density at radius 2 is 2.14 bits per heavy atom. The highest BCUT2D eigenvalue weighted by Crippen LogP contribution is 2.12. The van der Waals surface area contributed by atoms with Crippen molar-refractivity contribution in [2.75, 3.05) is 13.2 Å². The fourth-order valence-electron chi connectivity index (χ4n) is 2.01. The van der Waals surface area contributed by atoms with Crippen LogP contribution in [0, 0.1) is 6.92 Å². The molecule has 0 unspecified atom stereocenters. The lowest BCUT2D eigenvalue weighted by Gasteiger charge is -2.06. The quantitative estimate of drug-likeness (QED) is 0.723. The summed E-state index contributed by atoms with van der Waals surface area (Å²) in [7, 11) is 0. The van der Waals surface area contributed by atoms with Gasteiger partial charge in [0.1, 0.15) is 0 Å². The number of hydrogen-bond acceptors (Lipinski definition) is 5. The van der Waals surface area contributed by atoms with E-state index >= 15 is 0 Å². The molecule has 1 N–H and O–H groups in total. The zero-order valence-corrected chi connectivity index (χ0v) is 13.6. The third kappa shape index (κ3) is 5.53. The molecule has 0 aliphatic rings. The Morgan fingerprint density at radius 1 is 1.29 bits per heavy atom. The summed E-state index contributed by atoms with van der Waals surface area (Å²) in [6.45, 7) is 7.33. The molecule has 21 heavy (non-hydrogen) atoms. The van der Waals surface area contributed by atoms with Gasteiger partial charge in [-0.1, -0.05) is 13.0 Å².